The van der Waals surface area contributed by atoms with Crippen molar-refractivity contribution in [3.63, 3.8) is 0 Å². The van der Waals surface area contributed by atoms with Gasteiger partial charge in [-0.3, -0.25) is 19.1 Å². The van der Waals surface area contributed by atoms with E-state index >= 15 is 0 Å². The van der Waals surface area contributed by atoms with Crippen molar-refractivity contribution < 1.29 is 4.79 Å². The molecule has 0 radical (unpaired) electrons. The van der Waals surface area contributed by atoms with Gasteiger partial charge in [0.1, 0.15) is 0 Å². The molecule has 0 aliphatic heterocycles. The Morgan fingerprint density at radius 1 is 1.23 bits per heavy atom. The number of pyridine rings is 1. The molecule has 7 nitrogen and oxygen atoms in total. The molecule has 8 heteroatoms. The monoisotopic (exact) mass is 440 g/mol. The van der Waals surface area contributed by atoms with E-state index < -0.39 is 11.2 Å². The molecule has 164 valence electrons. The Bertz CT molecular complexity index is 1170. The summed E-state index contributed by atoms with van der Waals surface area (Å²) in [6, 6.07) is 11.8. The maximum Gasteiger partial charge on any atom is 0.329 e. The van der Waals surface area contributed by atoms with E-state index in [9.17, 15) is 14.4 Å². The number of fused-ring (bicyclic) bond motifs is 1. The summed E-state index contributed by atoms with van der Waals surface area (Å²) < 4.78 is 1.44. The van der Waals surface area contributed by atoms with Crippen molar-refractivity contribution >= 4 is 28.7 Å². The van der Waals surface area contributed by atoms with Crippen molar-refractivity contribution in [2.45, 2.75) is 51.0 Å². The van der Waals surface area contributed by atoms with Crippen LogP contribution in [0.1, 0.15) is 55.6 Å². The normalized spacial score (nSPS) is 11.2. The number of aryl methyl sites for hydroxylation is 1. The van der Waals surface area contributed by atoms with Crippen molar-refractivity contribution in [3.8, 4) is 0 Å². The SMILES string of the molecule is CCCn1c(=O)[nH]c(=O)c2c(C(=O)NCCCSc3ccccc3)cc(C(C)C)nc21. The Hall–Kier alpha value is -2.87. The summed E-state index contributed by atoms with van der Waals surface area (Å²) in [5, 5.41) is 3.08. The van der Waals surface area contributed by atoms with Crippen LogP contribution in [0, 0.1) is 0 Å². The number of rotatable bonds is 9. The second-order valence-electron chi connectivity index (χ2n) is 7.63. The predicted octanol–water partition coefficient (Wildman–Crippen LogP) is 3.53. The number of benzene rings is 1. The van der Waals surface area contributed by atoms with Gasteiger partial charge in [0.05, 0.1) is 10.9 Å². The van der Waals surface area contributed by atoms with E-state index in [1.54, 1.807) is 17.8 Å². The number of nitrogens with one attached hydrogen (secondary N) is 2. The van der Waals surface area contributed by atoms with E-state index in [1.807, 2.05) is 39.0 Å². The van der Waals surface area contributed by atoms with E-state index in [2.05, 4.69) is 27.4 Å². The van der Waals surface area contributed by atoms with Crippen LogP contribution in [0.25, 0.3) is 11.0 Å². The summed E-state index contributed by atoms with van der Waals surface area (Å²) >= 11 is 1.73. The van der Waals surface area contributed by atoms with E-state index in [-0.39, 0.29) is 28.4 Å². The third-order valence-corrected chi connectivity index (χ3v) is 5.97. The van der Waals surface area contributed by atoms with Crippen molar-refractivity contribution in [1.82, 2.24) is 19.9 Å². The number of carbonyl (C=O) groups is 1. The number of amides is 1. The summed E-state index contributed by atoms with van der Waals surface area (Å²) in [6.07, 6.45) is 1.50. The number of aromatic amines is 1. The Morgan fingerprint density at radius 3 is 2.65 bits per heavy atom. The maximum absolute atomic E-state index is 13.0. The van der Waals surface area contributed by atoms with E-state index in [4.69, 9.17) is 0 Å². The second kappa shape index (κ2) is 10.4. The minimum atomic E-state index is -0.583. The van der Waals surface area contributed by atoms with Crippen molar-refractivity contribution in [2.24, 2.45) is 0 Å². The van der Waals surface area contributed by atoms with E-state index in [0.29, 0.717) is 25.2 Å². The van der Waals surface area contributed by atoms with Crippen LogP contribution in [0.15, 0.2) is 50.9 Å². The average molecular weight is 441 g/mol. The number of carbonyl (C=O) groups excluding carboxylic acids is 1. The molecule has 3 rings (SSSR count). The molecule has 0 saturated carbocycles. The van der Waals surface area contributed by atoms with Gasteiger partial charge in [-0.15, -0.1) is 11.8 Å². The van der Waals surface area contributed by atoms with Crippen molar-refractivity contribution in [1.29, 1.82) is 0 Å². The number of nitrogens with zero attached hydrogens (tertiary/aromatic N) is 2. The molecule has 0 spiro atoms. The molecule has 1 amide bonds. The third kappa shape index (κ3) is 5.44. The molecule has 0 fully saturated rings. The zero-order valence-corrected chi connectivity index (χ0v) is 18.9. The molecular formula is C23H28N4O3S. The second-order valence-corrected chi connectivity index (χ2v) is 8.80. The zero-order valence-electron chi connectivity index (χ0n) is 18.1. The lowest BCUT2D eigenvalue weighted by molar-refractivity contribution is 0.0955. The molecule has 2 heterocycles. The fourth-order valence-electron chi connectivity index (χ4n) is 3.28. The summed E-state index contributed by atoms with van der Waals surface area (Å²) in [5.74, 6) is 0.587. The summed E-state index contributed by atoms with van der Waals surface area (Å²) in [5.41, 5.74) is 0.117. The molecule has 0 unspecified atom stereocenters. The van der Waals surface area contributed by atoms with Crippen LogP contribution in [0.4, 0.5) is 0 Å². The van der Waals surface area contributed by atoms with Crippen LogP contribution >= 0.6 is 11.8 Å². The number of aromatic nitrogens is 3. The van der Waals surface area contributed by atoms with Gasteiger partial charge in [-0.05, 0) is 42.7 Å². The molecule has 0 atom stereocenters. The molecule has 0 bridgehead atoms. The van der Waals surface area contributed by atoms with Crippen molar-refractivity contribution in [3.05, 3.63) is 68.5 Å². The first kappa shape index (κ1) is 22.8. The molecule has 2 N–H and O–H groups in total. The standard InChI is InChI=1S/C23H28N4O3S/c1-4-12-27-20-19(22(29)26-23(27)30)17(14-18(25-20)15(2)3)21(28)24-11-8-13-31-16-9-6-5-7-10-16/h5-7,9-10,14-15H,4,8,11-13H2,1-3H3,(H,24,28)(H,26,29,30). The molecule has 31 heavy (non-hydrogen) atoms. The number of thioether (sulfide) groups is 1. The van der Waals surface area contributed by atoms with E-state index in [1.165, 1.54) is 9.46 Å². The number of hydrogen-bond acceptors (Lipinski definition) is 5. The first-order chi connectivity index (χ1) is 14.9. The highest BCUT2D eigenvalue weighted by atomic mass is 32.2. The van der Waals surface area contributed by atoms with Crippen LogP contribution in [0.3, 0.4) is 0 Å². The first-order valence-corrected chi connectivity index (χ1v) is 11.5. The van der Waals surface area contributed by atoms with Gasteiger partial charge in [0.15, 0.2) is 5.65 Å². The molecule has 3 aromatic rings. The third-order valence-electron chi connectivity index (χ3n) is 4.87. The molecule has 0 aliphatic carbocycles. The summed E-state index contributed by atoms with van der Waals surface area (Å²) in [7, 11) is 0. The van der Waals surface area contributed by atoms with Gasteiger partial charge in [0, 0.05) is 23.7 Å². The fraction of sp³-hybridized carbons (Fsp3) is 0.391. The lowest BCUT2D eigenvalue weighted by atomic mass is 10.0. The summed E-state index contributed by atoms with van der Waals surface area (Å²) in [6.45, 7) is 6.78. The quantitative estimate of drug-likeness (QED) is 0.392. The van der Waals surface area contributed by atoms with Crippen LogP contribution in [-0.2, 0) is 6.54 Å². The van der Waals surface area contributed by atoms with Gasteiger partial charge in [-0.1, -0.05) is 39.0 Å². The summed E-state index contributed by atoms with van der Waals surface area (Å²) in [4.78, 5) is 46.0. The molecular weight excluding hydrogens is 412 g/mol. The van der Waals surface area contributed by atoms with Crippen LogP contribution in [-0.4, -0.2) is 32.7 Å². The van der Waals surface area contributed by atoms with Crippen LogP contribution in [0.2, 0.25) is 0 Å². The van der Waals surface area contributed by atoms with Gasteiger partial charge in [-0.25, -0.2) is 9.78 Å². The topological polar surface area (TPSA) is 96.9 Å². The average Bonchev–Trinajstić information content (AvgIpc) is 2.76. The Morgan fingerprint density at radius 2 is 1.97 bits per heavy atom. The van der Waals surface area contributed by atoms with E-state index in [0.717, 1.165) is 12.2 Å². The largest absolute Gasteiger partial charge is 0.352 e. The lowest BCUT2D eigenvalue weighted by Crippen LogP contribution is -2.33. The van der Waals surface area contributed by atoms with Crippen LogP contribution in [0.5, 0.6) is 0 Å². The number of H-pyrrole nitrogens is 1. The minimum Gasteiger partial charge on any atom is -0.352 e. The zero-order chi connectivity index (χ0) is 22.4. The van der Waals surface area contributed by atoms with Gasteiger partial charge in [-0.2, -0.15) is 0 Å². The fourth-order valence-corrected chi connectivity index (χ4v) is 4.15. The molecule has 0 saturated heterocycles. The Kier molecular flexibility index (Phi) is 7.68. The molecule has 2 aromatic heterocycles. The highest BCUT2D eigenvalue weighted by Gasteiger charge is 2.20. The lowest BCUT2D eigenvalue weighted by Gasteiger charge is -2.14. The Balaban J connectivity index is 1.84. The molecule has 1 aromatic carbocycles. The van der Waals surface area contributed by atoms with Gasteiger partial charge >= 0.3 is 5.69 Å². The van der Waals surface area contributed by atoms with Crippen molar-refractivity contribution in [2.75, 3.05) is 12.3 Å². The highest BCUT2D eigenvalue weighted by Crippen LogP contribution is 2.20. The van der Waals surface area contributed by atoms with Crippen LogP contribution < -0.4 is 16.6 Å². The highest BCUT2D eigenvalue weighted by molar-refractivity contribution is 7.99. The maximum atomic E-state index is 13.0. The van der Waals surface area contributed by atoms with Gasteiger partial charge in [0.25, 0.3) is 11.5 Å². The van der Waals surface area contributed by atoms with Gasteiger partial charge < -0.3 is 5.32 Å². The smallest absolute Gasteiger partial charge is 0.329 e. The Labute approximate surface area is 185 Å². The molecule has 0 aliphatic rings. The number of hydrogen-bond donors (Lipinski definition) is 2. The predicted molar refractivity (Wildman–Crippen MR) is 125 cm³/mol. The van der Waals surface area contributed by atoms with Gasteiger partial charge in [0.2, 0.25) is 0 Å². The minimum absolute atomic E-state index is 0.0442. The first-order valence-electron chi connectivity index (χ1n) is 10.6.